The minimum absolute atomic E-state index is 0. The van der Waals surface area contributed by atoms with Crippen LogP contribution in [0.15, 0.2) is 54.6 Å². The molecule has 2 aromatic carbocycles. The van der Waals surface area contributed by atoms with Crippen LogP contribution in [0.4, 0.5) is 0 Å². The van der Waals surface area contributed by atoms with E-state index in [-0.39, 0.29) is 22.4 Å². The molecule has 0 saturated carbocycles. The van der Waals surface area contributed by atoms with Crippen molar-refractivity contribution >= 4 is 0 Å². The molecule has 1 aliphatic heterocycles. The zero-order chi connectivity index (χ0) is 20.2. The van der Waals surface area contributed by atoms with Crippen molar-refractivity contribution in [3.8, 4) is 0 Å². The second kappa shape index (κ2) is 10.2. The minimum atomic E-state index is 0. The van der Waals surface area contributed by atoms with Crippen LogP contribution < -0.4 is 17.0 Å². The summed E-state index contributed by atoms with van der Waals surface area (Å²) in [5, 5.41) is 0. The molecule has 0 N–H and O–H groups in total. The summed E-state index contributed by atoms with van der Waals surface area (Å²) in [5.74, 6) is 0.700. The van der Waals surface area contributed by atoms with Gasteiger partial charge in [-0.15, -0.1) is 0 Å². The first-order valence-electron chi connectivity index (χ1n) is 10.9. The van der Waals surface area contributed by atoms with Crippen LogP contribution in [0.3, 0.4) is 0 Å². The summed E-state index contributed by atoms with van der Waals surface area (Å²) in [6.45, 7) is 16.6. The normalized spacial score (nSPS) is 18.1. The van der Waals surface area contributed by atoms with E-state index in [4.69, 9.17) is 0 Å². The molecule has 0 aliphatic carbocycles. The van der Waals surface area contributed by atoms with Gasteiger partial charge in [-0.1, -0.05) is 82.3 Å². The molecule has 1 heterocycles. The number of likely N-dealkylation sites (N-methyl/N-ethyl adjacent to an activating group) is 1. The smallest absolute Gasteiger partial charge is 0.104 e. The van der Waals surface area contributed by atoms with Crippen molar-refractivity contribution in [3.05, 3.63) is 71.3 Å². The van der Waals surface area contributed by atoms with Crippen LogP contribution in [-0.4, -0.2) is 49.2 Å². The van der Waals surface area contributed by atoms with Crippen LogP contribution in [-0.2, 0) is 18.4 Å². The number of nitrogens with zero attached hydrogens (tertiary/aromatic N) is 2. The molecule has 160 valence electrons. The molecule has 1 atom stereocenters. The van der Waals surface area contributed by atoms with E-state index in [2.05, 4.69) is 94.2 Å². The number of quaternary nitrogens is 1. The third-order valence-corrected chi connectivity index (χ3v) is 6.29. The number of hydrogen-bond donors (Lipinski definition) is 0. The fourth-order valence-electron chi connectivity index (χ4n) is 4.40. The average Bonchev–Trinajstić information content (AvgIpc) is 2.64. The quantitative estimate of drug-likeness (QED) is 0.599. The predicted molar refractivity (Wildman–Crippen MR) is 121 cm³/mol. The first-order valence-corrected chi connectivity index (χ1v) is 10.9. The molecule has 0 aromatic heterocycles. The van der Waals surface area contributed by atoms with Gasteiger partial charge in [0, 0.05) is 25.2 Å². The van der Waals surface area contributed by atoms with Crippen molar-refractivity contribution in [1.29, 1.82) is 0 Å². The topological polar surface area (TPSA) is 3.24 Å². The highest BCUT2D eigenvalue weighted by molar-refractivity contribution is 5.27. The first-order chi connectivity index (χ1) is 13.2. The van der Waals surface area contributed by atoms with Gasteiger partial charge in [0.05, 0.1) is 20.1 Å². The first kappa shape index (κ1) is 24.1. The highest BCUT2D eigenvalue weighted by Gasteiger charge is 2.29. The van der Waals surface area contributed by atoms with E-state index in [0.717, 1.165) is 6.54 Å². The Morgan fingerprint density at radius 2 is 1.48 bits per heavy atom. The Morgan fingerprint density at radius 3 is 2.03 bits per heavy atom. The summed E-state index contributed by atoms with van der Waals surface area (Å²) in [5.41, 5.74) is 4.60. The van der Waals surface area contributed by atoms with Gasteiger partial charge in [0.25, 0.3) is 0 Å². The third kappa shape index (κ3) is 7.24. The fourth-order valence-corrected chi connectivity index (χ4v) is 4.40. The van der Waals surface area contributed by atoms with Gasteiger partial charge >= 0.3 is 0 Å². The zero-order valence-corrected chi connectivity index (χ0v) is 20.6. The molecule has 1 unspecified atom stereocenters. The van der Waals surface area contributed by atoms with Gasteiger partial charge in [0.2, 0.25) is 0 Å². The monoisotopic (exact) mass is 458 g/mol. The van der Waals surface area contributed by atoms with E-state index >= 15 is 0 Å². The molecule has 0 amide bonds. The Labute approximate surface area is 189 Å². The Morgan fingerprint density at radius 1 is 0.897 bits per heavy atom. The van der Waals surface area contributed by atoms with Gasteiger partial charge in [0.1, 0.15) is 6.54 Å². The standard InChI is InChI=1S/C26H39N2.BrH/c1-22(19-23-11-13-25(14-12-23)26(2,3)4)20-27-15-17-28(5,18-16-27)21-24-9-7-6-8-10-24;/h6-14,22H,15-21H2,1-5H3;1H/q+1;/p-1. The Balaban J connectivity index is 0.00000300. The number of halogens is 1. The fraction of sp³-hybridized carbons (Fsp3) is 0.538. The molecular weight excluding hydrogens is 420 g/mol. The van der Waals surface area contributed by atoms with Crippen molar-refractivity contribution in [1.82, 2.24) is 4.90 Å². The highest BCUT2D eigenvalue weighted by atomic mass is 79.9. The van der Waals surface area contributed by atoms with Crippen LogP contribution in [0.5, 0.6) is 0 Å². The molecule has 2 nitrogen and oxygen atoms in total. The number of rotatable bonds is 6. The van der Waals surface area contributed by atoms with Crippen molar-refractivity contribution in [3.63, 3.8) is 0 Å². The molecular formula is C26H39BrN2. The lowest BCUT2D eigenvalue weighted by atomic mass is 9.86. The van der Waals surface area contributed by atoms with Crippen LogP contribution in [0.25, 0.3) is 0 Å². The number of piperazine rings is 1. The molecule has 0 radical (unpaired) electrons. The molecule has 2 aromatic rings. The molecule has 3 heteroatoms. The van der Waals surface area contributed by atoms with Crippen molar-refractivity contribution in [2.24, 2.45) is 5.92 Å². The van der Waals surface area contributed by atoms with E-state index in [9.17, 15) is 0 Å². The molecule has 1 fully saturated rings. The maximum atomic E-state index is 2.68. The van der Waals surface area contributed by atoms with E-state index < -0.39 is 0 Å². The van der Waals surface area contributed by atoms with Crippen LogP contribution in [0.1, 0.15) is 44.4 Å². The van der Waals surface area contributed by atoms with Crippen molar-refractivity contribution in [2.45, 2.75) is 46.1 Å². The van der Waals surface area contributed by atoms with Gasteiger partial charge < -0.3 is 21.5 Å². The summed E-state index contributed by atoms with van der Waals surface area (Å²) in [6.07, 6.45) is 1.18. The summed E-state index contributed by atoms with van der Waals surface area (Å²) in [6, 6.07) is 20.3. The van der Waals surface area contributed by atoms with Crippen LogP contribution >= 0.6 is 0 Å². The van der Waals surface area contributed by atoms with Crippen LogP contribution in [0.2, 0.25) is 0 Å². The Kier molecular flexibility index (Phi) is 8.51. The second-order valence-electron chi connectivity index (χ2n) is 10.3. The van der Waals surface area contributed by atoms with Crippen molar-refractivity contribution in [2.75, 3.05) is 39.8 Å². The summed E-state index contributed by atoms with van der Waals surface area (Å²) < 4.78 is 1.17. The van der Waals surface area contributed by atoms with Crippen LogP contribution in [0, 0.1) is 5.92 Å². The molecule has 29 heavy (non-hydrogen) atoms. The third-order valence-electron chi connectivity index (χ3n) is 6.29. The lowest BCUT2D eigenvalue weighted by Crippen LogP contribution is -3.00. The maximum absolute atomic E-state index is 2.68. The van der Waals surface area contributed by atoms with Gasteiger partial charge in [-0.2, -0.15) is 0 Å². The van der Waals surface area contributed by atoms with E-state index in [1.165, 1.54) is 60.3 Å². The van der Waals surface area contributed by atoms with Crippen molar-refractivity contribution < 1.29 is 21.5 Å². The number of benzene rings is 2. The Bertz CT molecular complexity index is 726. The molecule has 0 spiro atoms. The SMILES string of the molecule is CC(Cc1ccc(C(C)(C)C)cc1)CN1CC[N+](C)(Cc2ccccc2)CC1.[Br-]. The maximum Gasteiger partial charge on any atom is 0.104 e. The largest absolute Gasteiger partial charge is 1.00 e. The lowest BCUT2D eigenvalue weighted by Gasteiger charge is -2.42. The van der Waals surface area contributed by atoms with Gasteiger partial charge in [-0.3, -0.25) is 4.90 Å². The highest BCUT2D eigenvalue weighted by Crippen LogP contribution is 2.23. The Hall–Kier alpha value is -1.16. The molecule has 1 saturated heterocycles. The summed E-state index contributed by atoms with van der Waals surface area (Å²) in [7, 11) is 2.42. The van der Waals surface area contributed by atoms with Gasteiger partial charge in [-0.05, 0) is 28.9 Å². The van der Waals surface area contributed by atoms with E-state index in [1.54, 1.807) is 0 Å². The summed E-state index contributed by atoms with van der Waals surface area (Å²) >= 11 is 0. The van der Waals surface area contributed by atoms with Gasteiger partial charge in [-0.25, -0.2) is 0 Å². The van der Waals surface area contributed by atoms with E-state index in [1.807, 2.05) is 0 Å². The molecule has 0 bridgehead atoms. The number of hydrogen-bond acceptors (Lipinski definition) is 1. The predicted octanol–water partition coefficient (Wildman–Crippen LogP) is 2.13. The molecule has 3 rings (SSSR count). The summed E-state index contributed by atoms with van der Waals surface area (Å²) in [4.78, 5) is 2.68. The second-order valence-corrected chi connectivity index (χ2v) is 10.3. The lowest BCUT2D eigenvalue weighted by molar-refractivity contribution is -0.926. The molecule has 1 aliphatic rings. The average molecular weight is 460 g/mol. The van der Waals surface area contributed by atoms with E-state index in [0.29, 0.717) is 5.92 Å². The minimum Gasteiger partial charge on any atom is -1.00 e. The zero-order valence-electron chi connectivity index (χ0n) is 19.0. The van der Waals surface area contributed by atoms with Gasteiger partial charge in [0.15, 0.2) is 0 Å².